The number of amides is 3. The van der Waals surface area contributed by atoms with Gasteiger partial charge in [0.25, 0.3) is 17.7 Å². The first-order valence-electron chi connectivity index (χ1n) is 12.6. The summed E-state index contributed by atoms with van der Waals surface area (Å²) in [5, 5.41) is 12.4. The molecule has 1 aliphatic heterocycles. The molecule has 3 N–H and O–H groups in total. The maximum Gasteiger partial charge on any atom is 0.270 e. The van der Waals surface area contributed by atoms with E-state index in [1.807, 2.05) is 0 Å². The van der Waals surface area contributed by atoms with Crippen LogP contribution in [0.1, 0.15) is 65.1 Å². The second-order valence-electron chi connectivity index (χ2n) is 10.3. The van der Waals surface area contributed by atoms with E-state index < -0.39 is 17.6 Å². The van der Waals surface area contributed by atoms with Crippen LogP contribution in [0.2, 0.25) is 0 Å². The van der Waals surface area contributed by atoms with Crippen LogP contribution in [0.25, 0.3) is 5.65 Å². The smallest absolute Gasteiger partial charge is 0.270 e. The molecule has 3 aromatic rings. The minimum absolute atomic E-state index is 0.0419. The molecule has 0 atom stereocenters. The highest BCUT2D eigenvalue weighted by Gasteiger charge is 2.40. The van der Waals surface area contributed by atoms with Gasteiger partial charge in [-0.05, 0) is 67.6 Å². The van der Waals surface area contributed by atoms with Gasteiger partial charge in [0.05, 0.1) is 11.9 Å². The quantitative estimate of drug-likeness (QED) is 0.472. The van der Waals surface area contributed by atoms with Crippen molar-refractivity contribution in [3.8, 4) is 5.75 Å². The van der Waals surface area contributed by atoms with Gasteiger partial charge in [0.15, 0.2) is 18.1 Å². The Balaban J connectivity index is 1.19. The average Bonchev–Trinajstić information content (AvgIpc) is 3.31. The topological polar surface area (TPSA) is 127 Å². The number of benzene rings is 1. The van der Waals surface area contributed by atoms with E-state index >= 15 is 0 Å². The molecule has 3 heterocycles. The summed E-state index contributed by atoms with van der Waals surface area (Å²) in [5.74, 6) is -0.598. The molecule has 11 heteroatoms. The molecule has 7 rings (SSSR count). The van der Waals surface area contributed by atoms with Crippen LogP contribution in [-0.4, -0.2) is 45.5 Å². The van der Waals surface area contributed by atoms with Crippen molar-refractivity contribution >= 4 is 29.1 Å². The van der Waals surface area contributed by atoms with Crippen LogP contribution in [-0.2, 0) is 11.3 Å². The largest absolute Gasteiger partial charge is 0.482 e. The molecule has 4 aliphatic rings. The molecule has 192 valence electrons. The average molecular weight is 507 g/mol. The summed E-state index contributed by atoms with van der Waals surface area (Å²) in [6.45, 7) is 0.633. The molecule has 3 fully saturated rings. The monoisotopic (exact) mass is 506 g/mol. The molecule has 3 amide bonds. The summed E-state index contributed by atoms with van der Waals surface area (Å²) in [5.41, 5.74) is 1.12. The van der Waals surface area contributed by atoms with Gasteiger partial charge in [-0.25, -0.2) is 13.9 Å². The first-order chi connectivity index (χ1) is 17.9. The lowest BCUT2D eigenvalue weighted by Gasteiger charge is -2.46. The highest BCUT2D eigenvalue weighted by molar-refractivity contribution is 5.98. The van der Waals surface area contributed by atoms with E-state index in [0.717, 1.165) is 35.9 Å². The lowest BCUT2D eigenvalue weighted by molar-refractivity contribution is -0.118. The van der Waals surface area contributed by atoms with E-state index in [4.69, 9.17) is 4.74 Å². The molecular weight excluding hydrogens is 479 g/mol. The van der Waals surface area contributed by atoms with Crippen molar-refractivity contribution in [3.63, 3.8) is 0 Å². The van der Waals surface area contributed by atoms with Crippen LogP contribution in [0.5, 0.6) is 5.75 Å². The fourth-order valence-electron chi connectivity index (χ4n) is 5.69. The van der Waals surface area contributed by atoms with Gasteiger partial charge in [0, 0.05) is 19.2 Å². The van der Waals surface area contributed by atoms with Crippen molar-refractivity contribution < 1.29 is 23.5 Å². The molecule has 0 spiro atoms. The number of rotatable bonds is 6. The van der Waals surface area contributed by atoms with E-state index in [1.54, 1.807) is 18.2 Å². The number of anilines is 1. The Kier molecular flexibility index (Phi) is 5.77. The minimum atomic E-state index is -0.724. The Hall–Kier alpha value is -4.02. The molecule has 0 unspecified atom stereocenters. The van der Waals surface area contributed by atoms with Crippen LogP contribution >= 0.6 is 0 Å². The zero-order chi connectivity index (χ0) is 25.6. The Labute approximate surface area is 212 Å². The molecular formula is C26H27FN6O4. The molecule has 0 saturated heterocycles. The number of fused-ring (bicyclic) bond motifs is 5. The molecule has 0 radical (unpaired) electrons. The van der Waals surface area contributed by atoms with Crippen LogP contribution in [0, 0.1) is 17.2 Å². The predicted molar refractivity (Wildman–Crippen MR) is 131 cm³/mol. The molecule has 3 saturated carbocycles. The third-order valence-electron chi connectivity index (χ3n) is 7.90. The number of nitrogens with zero attached hydrogens (tertiary/aromatic N) is 3. The molecule has 1 aromatic carbocycles. The van der Waals surface area contributed by atoms with Gasteiger partial charge in [-0.3, -0.25) is 14.4 Å². The van der Waals surface area contributed by atoms with Crippen LogP contribution in [0.4, 0.5) is 10.1 Å². The minimum Gasteiger partial charge on any atom is -0.482 e. The second kappa shape index (κ2) is 9.13. The number of halogens is 1. The summed E-state index contributed by atoms with van der Waals surface area (Å²) in [6.07, 6.45) is 7.89. The summed E-state index contributed by atoms with van der Waals surface area (Å²) in [6, 6.07) is 6.52. The number of hydrogen-bond acceptors (Lipinski definition) is 6. The van der Waals surface area contributed by atoms with Crippen LogP contribution < -0.4 is 20.7 Å². The van der Waals surface area contributed by atoms with Crippen molar-refractivity contribution in [1.82, 2.24) is 25.2 Å². The van der Waals surface area contributed by atoms with Gasteiger partial charge in [0.1, 0.15) is 17.1 Å². The first kappa shape index (κ1) is 23.4. The summed E-state index contributed by atoms with van der Waals surface area (Å²) in [7, 11) is 0. The Morgan fingerprint density at radius 3 is 2.70 bits per heavy atom. The zero-order valence-corrected chi connectivity index (χ0v) is 20.2. The van der Waals surface area contributed by atoms with E-state index in [0.29, 0.717) is 23.5 Å². The Morgan fingerprint density at radius 1 is 1.14 bits per heavy atom. The first-order valence-corrected chi connectivity index (χ1v) is 12.6. The number of hydrogen-bond donors (Lipinski definition) is 3. The second-order valence-corrected chi connectivity index (χ2v) is 10.3. The van der Waals surface area contributed by atoms with Crippen molar-refractivity contribution in [2.75, 3.05) is 18.5 Å². The van der Waals surface area contributed by atoms with E-state index in [9.17, 15) is 18.8 Å². The normalized spacial score (nSPS) is 22.2. The number of carbonyl (C=O) groups excluding carboxylic acids is 3. The van der Waals surface area contributed by atoms with Gasteiger partial charge in [-0.15, -0.1) is 0 Å². The van der Waals surface area contributed by atoms with Crippen LogP contribution in [0.3, 0.4) is 0 Å². The lowest BCUT2D eigenvalue weighted by Crippen LogP contribution is -2.43. The van der Waals surface area contributed by atoms with Gasteiger partial charge < -0.3 is 20.7 Å². The highest BCUT2D eigenvalue weighted by atomic mass is 19.1. The zero-order valence-electron chi connectivity index (χ0n) is 20.2. The van der Waals surface area contributed by atoms with E-state index in [-0.39, 0.29) is 41.5 Å². The van der Waals surface area contributed by atoms with Crippen molar-refractivity contribution in [2.45, 2.75) is 45.1 Å². The van der Waals surface area contributed by atoms with E-state index in [1.165, 1.54) is 25.3 Å². The summed E-state index contributed by atoms with van der Waals surface area (Å²) < 4.78 is 20.9. The Bertz CT molecular complexity index is 1400. The fraction of sp³-hybridized carbons (Fsp3) is 0.423. The standard InChI is InChI=1S/C26H27FN6O4/c27-17-12-30-33-20(25(36)29-14-26-6-3-15(4-7-26)5-8-26)10-19(32-23(17)33)24(35)28-11-16-1-2-21-18(9-16)31-22(34)13-37-21/h1-2,9-10,12,15H,3-8,11,13-14H2,(H,28,35)(H,29,36)(H,31,34). The third-order valence-corrected chi connectivity index (χ3v) is 7.90. The van der Waals surface area contributed by atoms with Gasteiger partial charge in [0.2, 0.25) is 0 Å². The third kappa shape index (κ3) is 4.49. The maximum atomic E-state index is 14.4. The van der Waals surface area contributed by atoms with Gasteiger partial charge >= 0.3 is 0 Å². The molecule has 10 nitrogen and oxygen atoms in total. The van der Waals surface area contributed by atoms with Crippen molar-refractivity contribution in [1.29, 1.82) is 0 Å². The molecule has 3 aliphatic carbocycles. The SMILES string of the molecule is O=C1COc2ccc(CNC(=O)c3cc(C(=O)NCC45CCC(CC4)CC5)n4ncc(F)c4n3)cc2N1. The molecule has 2 bridgehead atoms. The molecule has 37 heavy (non-hydrogen) atoms. The maximum absolute atomic E-state index is 14.4. The molecule has 2 aromatic heterocycles. The number of carbonyl (C=O) groups is 3. The van der Waals surface area contributed by atoms with Crippen LogP contribution in [0.15, 0.2) is 30.5 Å². The van der Waals surface area contributed by atoms with Crippen molar-refractivity contribution in [3.05, 3.63) is 53.2 Å². The number of aromatic nitrogens is 3. The predicted octanol–water partition coefficient (Wildman–Crippen LogP) is 2.83. The van der Waals surface area contributed by atoms with E-state index in [2.05, 4.69) is 26.0 Å². The van der Waals surface area contributed by atoms with Gasteiger partial charge in [-0.2, -0.15) is 5.10 Å². The summed E-state index contributed by atoms with van der Waals surface area (Å²) >= 11 is 0. The van der Waals surface area contributed by atoms with Gasteiger partial charge in [-0.1, -0.05) is 6.07 Å². The Morgan fingerprint density at radius 2 is 1.92 bits per heavy atom. The fourth-order valence-corrected chi connectivity index (χ4v) is 5.69. The number of ether oxygens (including phenoxy) is 1. The van der Waals surface area contributed by atoms with Crippen molar-refractivity contribution in [2.24, 2.45) is 11.3 Å². The highest BCUT2D eigenvalue weighted by Crippen LogP contribution is 2.49. The number of nitrogens with one attached hydrogen (secondary N) is 3. The lowest BCUT2D eigenvalue weighted by atomic mass is 9.61. The summed E-state index contributed by atoms with van der Waals surface area (Å²) in [4.78, 5) is 41.9.